The van der Waals surface area contributed by atoms with Crippen molar-refractivity contribution in [3.05, 3.63) is 54.5 Å². The fraction of sp³-hybridized carbons (Fsp3) is 0.360. The number of aliphatic hydroxyl groups is 1. The number of β-amino-alcohol motifs (C(OH)–C–C–N with tert-alkyl or cyclic N) is 1. The summed E-state index contributed by atoms with van der Waals surface area (Å²) in [7, 11) is 0. The van der Waals surface area contributed by atoms with Gasteiger partial charge in [0.1, 0.15) is 17.8 Å². The zero-order valence-electron chi connectivity index (χ0n) is 18.7. The molecule has 2 aromatic carbocycles. The SMILES string of the molecule is Cc1cc2cc(Oc3ncnc4cc(OCOC[C@@H](O)CN5CCCC5)ccc34)ccc2[nH]1. The van der Waals surface area contributed by atoms with Crippen LogP contribution in [-0.4, -0.2) is 64.1 Å². The standard InChI is InChI=1S/C25H28N4O4/c1-17-10-18-11-21(5-7-23(18)28-17)33-25-22-6-4-20(12-24(22)26-15-27-25)32-16-31-14-19(30)13-29-8-2-3-9-29/h4-7,10-12,15,19,28,30H,2-3,8-9,13-14,16H2,1H3/t19-/m0/s1. The van der Waals surface area contributed by atoms with E-state index in [0.29, 0.717) is 29.4 Å². The summed E-state index contributed by atoms with van der Waals surface area (Å²) in [5.74, 6) is 1.83. The van der Waals surface area contributed by atoms with Gasteiger partial charge in [-0.15, -0.1) is 0 Å². The number of nitrogens with one attached hydrogen (secondary N) is 1. The molecule has 1 fully saturated rings. The van der Waals surface area contributed by atoms with Crippen LogP contribution in [-0.2, 0) is 4.74 Å². The molecule has 1 atom stereocenters. The first-order valence-corrected chi connectivity index (χ1v) is 11.3. The monoisotopic (exact) mass is 448 g/mol. The molecule has 0 radical (unpaired) electrons. The first-order chi connectivity index (χ1) is 16.1. The molecule has 1 saturated heterocycles. The van der Waals surface area contributed by atoms with Crippen molar-refractivity contribution in [2.24, 2.45) is 0 Å². The molecule has 8 heteroatoms. The molecule has 1 aliphatic rings. The minimum atomic E-state index is -0.509. The molecule has 0 bridgehead atoms. The van der Waals surface area contributed by atoms with Crippen LogP contribution in [0.15, 0.2) is 48.8 Å². The Labute approximate surface area is 192 Å². The van der Waals surface area contributed by atoms with Gasteiger partial charge in [-0.05, 0) is 69.3 Å². The number of nitrogens with zero attached hydrogens (tertiary/aromatic N) is 3. The van der Waals surface area contributed by atoms with E-state index in [9.17, 15) is 5.11 Å². The molecule has 172 valence electrons. The molecule has 2 N–H and O–H groups in total. The third-order valence-corrected chi connectivity index (χ3v) is 5.80. The number of aromatic nitrogens is 3. The Kier molecular flexibility index (Phi) is 6.39. The Morgan fingerprint density at radius 1 is 1.06 bits per heavy atom. The topological polar surface area (TPSA) is 92.7 Å². The largest absolute Gasteiger partial charge is 0.467 e. The summed E-state index contributed by atoms with van der Waals surface area (Å²) in [4.78, 5) is 14.2. The molecular weight excluding hydrogens is 420 g/mol. The van der Waals surface area contributed by atoms with Crippen molar-refractivity contribution in [1.82, 2.24) is 19.9 Å². The van der Waals surface area contributed by atoms with Crippen molar-refractivity contribution in [1.29, 1.82) is 0 Å². The van der Waals surface area contributed by atoms with E-state index in [0.717, 1.165) is 35.1 Å². The number of benzene rings is 2. The van der Waals surface area contributed by atoms with Crippen LogP contribution < -0.4 is 9.47 Å². The summed E-state index contributed by atoms with van der Waals surface area (Å²) in [6, 6.07) is 13.5. The molecule has 5 rings (SSSR count). The second-order valence-corrected chi connectivity index (χ2v) is 8.46. The second kappa shape index (κ2) is 9.74. The lowest BCUT2D eigenvalue weighted by Gasteiger charge is -2.19. The second-order valence-electron chi connectivity index (χ2n) is 8.46. The van der Waals surface area contributed by atoms with Gasteiger partial charge in [0, 0.05) is 29.2 Å². The van der Waals surface area contributed by atoms with Gasteiger partial charge in [0.25, 0.3) is 0 Å². The molecule has 3 heterocycles. The number of H-pyrrole nitrogens is 1. The highest BCUT2D eigenvalue weighted by atomic mass is 16.7. The summed E-state index contributed by atoms with van der Waals surface area (Å²) in [6.07, 6.45) is 3.38. The first-order valence-electron chi connectivity index (χ1n) is 11.3. The number of aromatic amines is 1. The van der Waals surface area contributed by atoms with Crippen molar-refractivity contribution >= 4 is 21.8 Å². The average Bonchev–Trinajstić information content (AvgIpc) is 3.45. The van der Waals surface area contributed by atoms with E-state index in [-0.39, 0.29) is 13.4 Å². The van der Waals surface area contributed by atoms with Crippen molar-refractivity contribution < 1.29 is 19.3 Å². The molecule has 8 nitrogen and oxygen atoms in total. The van der Waals surface area contributed by atoms with E-state index < -0.39 is 6.10 Å². The molecule has 0 saturated carbocycles. The van der Waals surface area contributed by atoms with Crippen LogP contribution in [0, 0.1) is 6.92 Å². The average molecular weight is 449 g/mol. The van der Waals surface area contributed by atoms with Gasteiger partial charge in [0.2, 0.25) is 5.88 Å². The van der Waals surface area contributed by atoms with Gasteiger partial charge < -0.3 is 29.2 Å². The Bertz CT molecular complexity index is 1240. The van der Waals surface area contributed by atoms with E-state index in [1.54, 1.807) is 0 Å². The number of likely N-dealkylation sites (tertiary alicyclic amines) is 1. The molecule has 1 aliphatic heterocycles. The minimum absolute atomic E-state index is 0.0626. The Morgan fingerprint density at radius 2 is 1.91 bits per heavy atom. The summed E-state index contributed by atoms with van der Waals surface area (Å²) in [5.41, 5.74) is 2.89. The van der Waals surface area contributed by atoms with Crippen LogP contribution in [0.25, 0.3) is 21.8 Å². The Morgan fingerprint density at radius 3 is 2.79 bits per heavy atom. The van der Waals surface area contributed by atoms with E-state index in [1.807, 2.05) is 43.3 Å². The maximum absolute atomic E-state index is 10.1. The van der Waals surface area contributed by atoms with Crippen molar-refractivity contribution in [2.45, 2.75) is 25.9 Å². The molecule has 0 aliphatic carbocycles. The number of aryl methyl sites for hydroxylation is 1. The highest BCUT2D eigenvalue weighted by molar-refractivity contribution is 5.85. The smallest absolute Gasteiger partial charge is 0.230 e. The lowest BCUT2D eigenvalue weighted by molar-refractivity contribution is -0.0362. The maximum atomic E-state index is 10.1. The predicted molar refractivity (Wildman–Crippen MR) is 126 cm³/mol. The normalized spacial score (nSPS) is 15.3. The van der Waals surface area contributed by atoms with Crippen LogP contribution in [0.1, 0.15) is 18.5 Å². The van der Waals surface area contributed by atoms with Crippen molar-refractivity contribution in [3.63, 3.8) is 0 Å². The van der Waals surface area contributed by atoms with Gasteiger partial charge >= 0.3 is 0 Å². The summed E-state index contributed by atoms with van der Waals surface area (Å²) < 4.78 is 17.3. The highest BCUT2D eigenvalue weighted by Crippen LogP contribution is 2.30. The Hall–Kier alpha value is -3.20. The van der Waals surface area contributed by atoms with Crippen LogP contribution in [0.3, 0.4) is 0 Å². The molecule has 33 heavy (non-hydrogen) atoms. The first kappa shape index (κ1) is 21.6. The number of ether oxygens (including phenoxy) is 3. The summed E-state index contributed by atoms with van der Waals surface area (Å²) in [6.45, 7) is 5.09. The van der Waals surface area contributed by atoms with Crippen LogP contribution in [0.4, 0.5) is 0 Å². The predicted octanol–water partition coefficient (Wildman–Crippen LogP) is 4.02. The van der Waals surface area contributed by atoms with Gasteiger partial charge in [0.05, 0.1) is 23.6 Å². The maximum Gasteiger partial charge on any atom is 0.230 e. The molecule has 0 amide bonds. The fourth-order valence-electron chi connectivity index (χ4n) is 4.22. The van der Waals surface area contributed by atoms with Crippen LogP contribution in [0.2, 0.25) is 0 Å². The number of hydrogen-bond donors (Lipinski definition) is 2. The Balaban J connectivity index is 1.19. The van der Waals surface area contributed by atoms with Gasteiger partial charge in [-0.2, -0.15) is 0 Å². The van der Waals surface area contributed by atoms with Gasteiger partial charge in [0.15, 0.2) is 6.79 Å². The molecule has 2 aromatic heterocycles. The third kappa shape index (κ3) is 5.24. The van der Waals surface area contributed by atoms with Crippen molar-refractivity contribution in [2.75, 3.05) is 33.0 Å². The number of hydrogen-bond acceptors (Lipinski definition) is 7. The fourth-order valence-corrected chi connectivity index (χ4v) is 4.22. The number of aliphatic hydroxyl groups excluding tert-OH is 1. The van der Waals surface area contributed by atoms with Crippen LogP contribution >= 0.6 is 0 Å². The van der Waals surface area contributed by atoms with E-state index in [1.165, 1.54) is 19.2 Å². The van der Waals surface area contributed by atoms with Gasteiger partial charge in [-0.25, -0.2) is 9.97 Å². The lowest BCUT2D eigenvalue weighted by atomic mass is 10.2. The minimum Gasteiger partial charge on any atom is -0.467 e. The van der Waals surface area contributed by atoms with E-state index >= 15 is 0 Å². The van der Waals surface area contributed by atoms with Crippen molar-refractivity contribution in [3.8, 4) is 17.4 Å². The molecule has 4 aromatic rings. The summed E-state index contributed by atoms with van der Waals surface area (Å²) in [5, 5.41) is 12.0. The third-order valence-electron chi connectivity index (χ3n) is 5.80. The van der Waals surface area contributed by atoms with Crippen LogP contribution in [0.5, 0.6) is 17.4 Å². The number of fused-ring (bicyclic) bond motifs is 2. The number of rotatable bonds is 9. The van der Waals surface area contributed by atoms with E-state index in [4.69, 9.17) is 14.2 Å². The molecule has 0 unspecified atom stereocenters. The zero-order valence-corrected chi connectivity index (χ0v) is 18.7. The van der Waals surface area contributed by atoms with Gasteiger partial charge in [-0.3, -0.25) is 0 Å². The molecular formula is C25H28N4O4. The zero-order chi connectivity index (χ0) is 22.6. The lowest BCUT2D eigenvalue weighted by Crippen LogP contribution is -2.33. The quantitative estimate of drug-likeness (QED) is 0.295. The summed E-state index contributed by atoms with van der Waals surface area (Å²) >= 11 is 0. The molecule has 0 spiro atoms. The highest BCUT2D eigenvalue weighted by Gasteiger charge is 2.16. The van der Waals surface area contributed by atoms with E-state index in [2.05, 4.69) is 25.9 Å². The van der Waals surface area contributed by atoms with Gasteiger partial charge in [-0.1, -0.05) is 0 Å².